The van der Waals surface area contributed by atoms with Gasteiger partial charge in [0, 0.05) is 18.6 Å². The number of hydrogen-bond donors (Lipinski definition) is 1. The third kappa shape index (κ3) is 2.55. The van der Waals surface area contributed by atoms with E-state index in [2.05, 4.69) is 5.16 Å². The van der Waals surface area contributed by atoms with Gasteiger partial charge in [-0.05, 0) is 12.5 Å². The molecule has 0 spiro atoms. The van der Waals surface area contributed by atoms with Gasteiger partial charge in [0.1, 0.15) is 0 Å². The summed E-state index contributed by atoms with van der Waals surface area (Å²) >= 11 is 0. The number of oxime groups is 1. The monoisotopic (exact) mass is 194 g/mol. The molecule has 0 radical (unpaired) electrons. The first-order chi connectivity index (χ1) is 6.63. The summed E-state index contributed by atoms with van der Waals surface area (Å²) < 4.78 is 0. The molecule has 14 heavy (non-hydrogen) atoms. The van der Waals surface area contributed by atoms with Crippen molar-refractivity contribution >= 4 is 11.4 Å². The maximum atomic E-state index is 10.3. The van der Waals surface area contributed by atoms with Crippen LogP contribution in [0.25, 0.3) is 0 Å². The summed E-state index contributed by atoms with van der Waals surface area (Å²) in [7, 11) is 0. The summed E-state index contributed by atoms with van der Waals surface area (Å²) in [6.07, 6.45) is 0.495. The minimum absolute atomic E-state index is 0.0624. The van der Waals surface area contributed by atoms with Gasteiger partial charge >= 0.3 is 0 Å². The molecule has 1 aromatic carbocycles. The maximum absolute atomic E-state index is 10.3. The molecule has 0 heterocycles. The molecule has 0 aliphatic carbocycles. The van der Waals surface area contributed by atoms with Crippen LogP contribution >= 0.6 is 0 Å². The first kappa shape index (κ1) is 10.2. The van der Waals surface area contributed by atoms with E-state index >= 15 is 0 Å². The van der Waals surface area contributed by atoms with E-state index in [4.69, 9.17) is 5.21 Å². The summed E-state index contributed by atoms with van der Waals surface area (Å²) in [4.78, 5) is 9.88. The van der Waals surface area contributed by atoms with Crippen molar-refractivity contribution in [2.75, 3.05) is 0 Å². The molecule has 0 aromatic heterocycles. The van der Waals surface area contributed by atoms with Gasteiger partial charge in [0.2, 0.25) is 0 Å². The van der Waals surface area contributed by atoms with E-state index in [1.165, 1.54) is 12.1 Å². The summed E-state index contributed by atoms with van der Waals surface area (Å²) in [5, 5.41) is 21.8. The highest BCUT2D eigenvalue weighted by molar-refractivity contribution is 5.83. The van der Waals surface area contributed by atoms with Crippen LogP contribution in [0.2, 0.25) is 0 Å². The Morgan fingerprint density at radius 3 is 2.50 bits per heavy atom. The van der Waals surface area contributed by atoms with E-state index in [9.17, 15) is 10.1 Å². The van der Waals surface area contributed by atoms with Crippen LogP contribution in [0.15, 0.2) is 29.4 Å². The van der Waals surface area contributed by atoms with Crippen molar-refractivity contribution < 1.29 is 10.1 Å². The second-order valence-corrected chi connectivity index (χ2v) is 2.94. The van der Waals surface area contributed by atoms with Crippen LogP contribution < -0.4 is 0 Å². The Bertz CT molecular complexity index is 357. The van der Waals surface area contributed by atoms with E-state index in [1.807, 2.05) is 0 Å². The minimum atomic E-state index is -0.448. The summed E-state index contributed by atoms with van der Waals surface area (Å²) in [6.45, 7) is 1.68. The van der Waals surface area contributed by atoms with Crippen molar-refractivity contribution in [3.63, 3.8) is 0 Å². The lowest BCUT2D eigenvalue weighted by Gasteiger charge is -1.98. The zero-order valence-corrected chi connectivity index (χ0v) is 7.67. The normalized spacial score (nSPS) is 11.4. The van der Waals surface area contributed by atoms with Crippen molar-refractivity contribution in [1.29, 1.82) is 0 Å². The standard InChI is InChI=1S/C9H10N2O3/c1-7(10-12)6-8-2-4-9(5-3-8)11(13)14/h2-5,12H,6H2,1H3. The second kappa shape index (κ2) is 4.36. The van der Waals surface area contributed by atoms with E-state index in [1.54, 1.807) is 19.1 Å². The van der Waals surface area contributed by atoms with Gasteiger partial charge in [0.25, 0.3) is 5.69 Å². The molecule has 74 valence electrons. The van der Waals surface area contributed by atoms with Gasteiger partial charge < -0.3 is 5.21 Å². The lowest BCUT2D eigenvalue weighted by atomic mass is 10.1. The fourth-order valence-electron chi connectivity index (χ4n) is 1.07. The van der Waals surface area contributed by atoms with Crippen LogP contribution in [0.4, 0.5) is 5.69 Å². The van der Waals surface area contributed by atoms with Crippen LogP contribution in [0.1, 0.15) is 12.5 Å². The first-order valence-electron chi connectivity index (χ1n) is 4.04. The number of hydrogen-bond acceptors (Lipinski definition) is 4. The van der Waals surface area contributed by atoms with Gasteiger partial charge in [-0.2, -0.15) is 0 Å². The highest BCUT2D eigenvalue weighted by Gasteiger charge is 2.04. The number of nitrogens with zero attached hydrogens (tertiary/aromatic N) is 2. The molecular formula is C9H10N2O3. The largest absolute Gasteiger partial charge is 0.411 e. The summed E-state index contributed by atoms with van der Waals surface area (Å²) in [6, 6.07) is 6.15. The lowest BCUT2D eigenvalue weighted by molar-refractivity contribution is -0.384. The fourth-order valence-corrected chi connectivity index (χ4v) is 1.07. The molecule has 1 rings (SSSR count). The molecule has 0 atom stereocenters. The maximum Gasteiger partial charge on any atom is 0.269 e. The highest BCUT2D eigenvalue weighted by Crippen LogP contribution is 2.12. The van der Waals surface area contributed by atoms with Gasteiger partial charge in [-0.25, -0.2) is 0 Å². The predicted molar refractivity (Wildman–Crippen MR) is 51.7 cm³/mol. The van der Waals surface area contributed by atoms with Crippen LogP contribution in [0, 0.1) is 10.1 Å². The van der Waals surface area contributed by atoms with Gasteiger partial charge in [-0.3, -0.25) is 10.1 Å². The van der Waals surface area contributed by atoms with Crippen molar-refractivity contribution in [1.82, 2.24) is 0 Å². The topological polar surface area (TPSA) is 75.7 Å². The molecule has 0 saturated carbocycles. The molecule has 1 N–H and O–H groups in total. The van der Waals surface area contributed by atoms with Crippen molar-refractivity contribution in [2.24, 2.45) is 5.16 Å². The molecule has 0 aliphatic heterocycles. The Morgan fingerprint density at radius 2 is 2.07 bits per heavy atom. The smallest absolute Gasteiger partial charge is 0.269 e. The Balaban J connectivity index is 2.79. The Morgan fingerprint density at radius 1 is 1.50 bits per heavy atom. The second-order valence-electron chi connectivity index (χ2n) is 2.94. The average Bonchev–Trinajstić information content (AvgIpc) is 2.18. The lowest BCUT2D eigenvalue weighted by Crippen LogP contribution is -1.97. The number of rotatable bonds is 3. The van der Waals surface area contributed by atoms with E-state index in [0.717, 1.165) is 5.56 Å². The summed E-state index contributed by atoms with van der Waals surface area (Å²) in [5.74, 6) is 0. The van der Waals surface area contributed by atoms with Crippen LogP contribution in [-0.4, -0.2) is 15.8 Å². The van der Waals surface area contributed by atoms with Crippen LogP contribution in [0.3, 0.4) is 0 Å². The summed E-state index contributed by atoms with van der Waals surface area (Å²) in [5.41, 5.74) is 1.51. The van der Waals surface area contributed by atoms with Crippen LogP contribution in [-0.2, 0) is 6.42 Å². The first-order valence-corrected chi connectivity index (χ1v) is 4.04. The molecular weight excluding hydrogens is 184 g/mol. The van der Waals surface area contributed by atoms with Gasteiger partial charge in [-0.1, -0.05) is 17.3 Å². The molecule has 1 aromatic rings. The number of non-ortho nitro benzene ring substituents is 1. The predicted octanol–water partition coefficient (Wildman–Crippen LogP) is 1.99. The molecule has 0 saturated heterocycles. The van der Waals surface area contributed by atoms with E-state index < -0.39 is 4.92 Å². The molecule has 5 nitrogen and oxygen atoms in total. The van der Waals surface area contributed by atoms with Gasteiger partial charge in [0.15, 0.2) is 0 Å². The van der Waals surface area contributed by atoms with E-state index in [-0.39, 0.29) is 5.69 Å². The molecule has 0 bridgehead atoms. The van der Waals surface area contributed by atoms with E-state index in [0.29, 0.717) is 12.1 Å². The average molecular weight is 194 g/mol. The zero-order chi connectivity index (χ0) is 10.6. The van der Waals surface area contributed by atoms with Gasteiger partial charge in [0.05, 0.1) is 10.6 Å². The SMILES string of the molecule is CC(Cc1ccc([N+](=O)[O-])cc1)=NO. The number of benzene rings is 1. The third-order valence-electron chi connectivity index (χ3n) is 1.78. The quantitative estimate of drug-likeness (QED) is 0.346. The Labute approximate surface area is 80.8 Å². The molecule has 0 aliphatic rings. The Hall–Kier alpha value is -1.91. The van der Waals surface area contributed by atoms with Crippen molar-refractivity contribution in [3.05, 3.63) is 39.9 Å². The zero-order valence-electron chi connectivity index (χ0n) is 7.67. The fraction of sp³-hybridized carbons (Fsp3) is 0.222. The van der Waals surface area contributed by atoms with Crippen molar-refractivity contribution in [3.8, 4) is 0 Å². The molecule has 0 unspecified atom stereocenters. The van der Waals surface area contributed by atoms with Gasteiger partial charge in [-0.15, -0.1) is 0 Å². The molecule has 0 amide bonds. The number of nitro groups is 1. The third-order valence-corrected chi connectivity index (χ3v) is 1.78. The molecule has 0 fully saturated rings. The minimum Gasteiger partial charge on any atom is -0.411 e. The molecule has 5 heteroatoms. The van der Waals surface area contributed by atoms with Crippen LogP contribution in [0.5, 0.6) is 0 Å². The number of nitro benzene ring substituents is 1. The van der Waals surface area contributed by atoms with Crippen molar-refractivity contribution in [2.45, 2.75) is 13.3 Å². The Kier molecular flexibility index (Phi) is 3.17. The highest BCUT2D eigenvalue weighted by atomic mass is 16.6.